The smallest absolute Gasteiger partial charge is 0.311 e. The van der Waals surface area contributed by atoms with Gasteiger partial charge in [-0.25, -0.2) is 15.0 Å². The lowest BCUT2D eigenvalue weighted by molar-refractivity contribution is -0.153. The monoisotopic (exact) mass is 403 g/mol. The van der Waals surface area contributed by atoms with Gasteiger partial charge >= 0.3 is 5.97 Å². The number of fused-ring (bicyclic) bond motifs is 1. The van der Waals surface area contributed by atoms with Crippen LogP contribution in [-0.2, 0) is 16.0 Å². The van der Waals surface area contributed by atoms with E-state index in [2.05, 4.69) is 38.8 Å². The fourth-order valence-corrected chi connectivity index (χ4v) is 3.55. The SMILES string of the molecule is CSc1nc(CCCOC(=O)C(C)(C)C)cn2c(C3=CN(C)N(C)C3)cnc12. The largest absolute Gasteiger partial charge is 0.465 e. The van der Waals surface area contributed by atoms with Crippen LogP contribution in [0.3, 0.4) is 0 Å². The van der Waals surface area contributed by atoms with Crippen LogP contribution in [0.2, 0.25) is 0 Å². The summed E-state index contributed by atoms with van der Waals surface area (Å²) < 4.78 is 7.51. The number of likely N-dealkylation sites (N-methyl/N-ethyl adjacent to an activating group) is 1. The van der Waals surface area contributed by atoms with Crippen LogP contribution in [0.5, 0.6) is 0 Å². The highest BCUT2D eigenvalue weighted by atomic mass is 32.2. The van der Waals surface area contributed by atoms with Gasteiger partial charge < -0.3 is 9.75 Å². The molecule has 0 aromatic carbocycles. The van der Waals surface area contributed by atoms with Gasteiger partial charge in [0.2, 0.25) is 0 Å². The van der Waals surface area contributed by atoms with Gasteiger partial charge in [0.1, 0.15) is 5.03 Å². The molecule has 3 heterocycles. The molecule has 0 fully saturated rings. The molecule has 3 rings (SSSR count). The maximum absolute atomic E-state index is 11.9. The summed E-state index contributed by atoms with van der Waals surface area (Å²) in [5.74, 6) is -0.168. The van der Waals surface area contributed by atoms with Crippen molar-refractivity contribution in [3.05, 3.63) is 30.0 Å². The Kier molecular flexibility index (Phi) is 6.00. The predicted octanol–water partition coefficient (Wildman–Crippen LogP) is 3.11. The van der Waals surface area contributed by atoms with Crippen LogP contribution < -0.4 is 0 Å². The number of nitrogens with zero attached hydrogens (tertiary/aromatic N) is 5. The number of hydrogen-bond acceptors (Lipinski definition) is 7. The number of hydrazine groups is 1. The number of thioether (sulfide) groups is 1. The Labute approximate surface area is 170 Å². The first-order valence-corrected chi connectivity index (χ1v) is 10.7. The van der Waals surface area contributed by atoms with Gasteiger partial charge in [0.15, 0.2) is 5.65 Å². The molecule has 0 N–H and O–H groups in total. The molecule has 0 spiro atoms. The quantitative estimate of drug-likeness (QED) is 0.417. The standard InChI is InChI=1S/C20H29N5O2S/c1-20(2,3)19(26)27-9-7-8-15-13-25-16(14-11-23(4)24(5)12-14)10-21-17(25)18(22-15)28-6/h10-11,13H,7-9,12H2,1-6H3. The molecule has 152 valence electrons. The van der Waals surface area contributed by atoms with E-state index in [1.807, 2.05) is 40.3 Å². The van der Waals surface area contributed by atoms with Gasteiger partial charge in [-0.15, -0.1) is 11.8 Å². The summed E-state index contributed by atoms with van der Waals surface area (Å²) >= 11 is 1.60. The molecule has 2 aromatic heterocycles. The van der Waals surface area contributed by atoms with Crippen molar-refractivity contribution < 1.29 is 9.53 Å². The van der Waals surface area contributed by atoms with E-state index in [-0.39, 0.29) is 5.97 Å². The zero-order valence-corrected chi connectivity index (χ0v) is 18.3. The van der Waals surface area contributed by atoms with Gasteiger partial charge in [-0.2, -0.15) is 0 Å². The maximum atomic E-state index is 11.9. The first-order chi connectivity index (χ1) is 13.2. The minimum atomic E-state index is -0.468. The summed E-state index contributed by atoms with van der Waals surface area (Å²) in [6.45, 7) is 6.84. The summed E-state index contributed by atoms with van der Waals surface area (Å²) in [5, 5.41) is 5.14. The highest BCUT2D eigenvalue weighted by Gasteiger charge is 2.23. The van der Waals surface area contributed by atoms with Crippen LogP contribution in [0.25, 0.3) is 11.2 Å². The molecule has 0 radical (unpaired) electrons. The van der Waals surface area contributed by atoms with Gasteiger partial charge in [-0.3, -0.25) is 9.20 Å². The highest BCUT2D eigenvalue weighted by Crippen LogP contribution is 2.27. The molecular formula is C20H29N5O2S. The van der Waals surface area contributed by atoms with Crippen LogP contribution in [-0.4, -0.2) is 63.9 Å². The molecular weight excluding hydrogens is 374 g/mol. The molecule has 1 aliphatic heterocycles. The van der Waals surface area contributed by atoms with Crippen molar-refractivity contribution in [2.45, 2.75) is 38.6 Å². The molecule has 7 nitrogen and oxygen atoms in total. The number of carbonyl (C=O) groups excluding carboxylic acids is 1. The number of rotatable bonds is 6. The lowest BCUT2D eigenvalue weighted by atomic mass is 9.97. The topological polar surface area (TPSA) is 63.0 Å². The number of aryl methyl sites for hydroxylation is 1. The number of hydrogen-bond donors (Lipinski definition) is 0. The second kappa shape index (κ2) is 8.13. The summed E-state index contributed by atoms with van der Waals surface area (Å²) in [6, 6.07) is 0. The first kappa shape index (κ1) is 20.7. The van der Waals surface area contributed by atoms with E-state index in [9.17, 15) is 4.79 Å². The highest BCUT2D eigenvalue weighted by molar-refractivity contribution is 7.98. The van der Waals surface area contributed by atoms with E-state index in [1.54, 1.807) is 11.8 Å². The predicted molar refractivity (Wildman–Crippen MR) is 112 cm³/mol. The maximum Gasteiger partial charge on any atom is 0.311 e. The minimum absolute atomic E-state index is 0.168. The zero-order chi connectivity index (χ0) is 20.5. The van der Waals surface area contributed by atoms with Crippen molar-refractivity contribution >= 4 is 29.0 Å². The lowest BCUT2D eigenvalue weighted by Gasteiger charge is -2.18. The van der Waals surface area contributed by atoms with E-state index in [1.165, 1.54) is 5.57 Å². The molecule has 2 aromatic rings. The fourth-order valence-electron chi connectivity index (χ4n) is 3.01. The van der Waals surface area contributed by atoms with Gasteiger partial charge in [0.25, 0.3) is 0 Å². The molecule has 28 heavy (non-hydrogen) atoms. The summed E-state index contributed by atoms with van der Waals surface area (Å²) in [5.41, 5.74) is 3.70. The Balaban J connectivity index is 1.77. The number of esters is 1. The van der Waals surface area contributed by atoms with Gasteiger partial charge in [0.05, 0.1) is 29.6 Å². The normalized spacial score (nSPS) is 15.4. The van der Waals surface area contributed by atoms with Crippen molar-refractivity contribution in [3.63, 3.8) is 0 Å². The molecule has 0 unspecified atom stereocenters. The van der Waals surface area contributed by atoms with E-state index in [0.29, 0.717) is 6.61 Å². The Bertz CT molecular complexity index is 900. The van der Waals surface area contributed by atoms with Crippen LogP contribution in [0.4, 0.5) is 0 Å². The van der Waals surface area contributed by atoms with Crippen LogP contribution in [0.15, 0.2) is 23.6 Å². The van der Waals surface area contributed by atoms with Crippen molar-refractivity contribution in [2.24, 2.45) is 5.41 Å². The molecule has 0 saturated heterocycles. The summed E-state index contributed by atoms with van der Waals surface area (Å²) in [4.78, 5) is 21.3. The first-order valence-electron chi connectivity index (χ1n) is 9.44. The van der Waals surface area contributed by atoms with Crippen molar-refractivity contribution in [1.29, 1.82) is 0 Å². The molecule has 0 amide bonds. The van der Waals surface area contributed by atoms with Crippen molar-refractivity contribution in [2.75, 3.05) is 33.5 Å². The Morgan fingerprint density at radius 2 is 2.07 bits per heavy atom. The van der Waals surface area contributed by atoms with Crippen LogP contribution in [0.1, 0.15) is 38.6 Å². The number of ether oxygens (including phenoxy) is 1. The molecule has 0 atom stereocenters. The minimum Gasteiger partial charge on any atom is -0.465 e. The molecule has 1 aliphatic rings. The van der Waals surface area contributed by atoms with Crippen LogP contribution >= 0.6 is 11.8 Å². The third-order valence-corrected chi connectivity index (χ3v) is 5.40. The van der Waals surface area contributed by atoms with Gasteiger partial charge in [-0.1, -0.05) is 0 Å². The Morgan fingerprint density at radius 1 is 1.32 bits per heavy atom. The molecule has 0 bridgehead atoms. The average Bonchev–Trinajstić information content (AvgIpc) is 3.20. The average molecular weight is 404 g/mol. The Morgan fingerprint density at radius 3 is 2.68 bits per heavy atom. The third kappa shape index (κ3) is 4.33. The fraction of sp³-hybridized carbons (Fsp3) is 0.550. The van der Waals surface area contributed by atoms with E-state index in [0.717, 1.165) is 41.4 Å². The Hall–Kier alpha value is -2.06. The van der Waals surface area contributed by atoms with E-state index >= 15 is 0 Å². The van der Waals surface area contributed by atoms with Gasteiger partial charge in [-0.05, 0) is 39.9 Å². The number of imidazole rings is 1. The van der Waals surface area contributed by atoms with Crippen LogP contribution in [0, 0.1) is 5.41 Å². The lowest BCUT2D eigenvalue weighted by Crippen LogP contribution is -2.27. The second-order valence-electron chi connectivity index (χ2n) is 8.11. The molecule has 0 aliphatic carbocycles. The molecule has 0 saturated carbocycles. The van der Waals surface area contributed by atoms with E-state index in [4.69, 9.17) is 9.72 Å². The number of aromatic nitrogens is 3. The molecule has 8 heteroatoms. The second-order valence-corrected chi connectivity index (χ2v) is 8.91. The number of carbonyl (C=O) groups is 1. The van der Waals surface area contributed by atoms with E-state index < -0.39 is 5.41 Å². The zero-order valence-electron chi connectivity index (χ0n) is 17.5. The summed E-state index contributed by atoms with van der Waals surface area (Å²) in [7, 11) is 4.10. The van der Waals surface area contributed by atoms with Gasteiger partial charge in [0, 0.05) is 38.6 Å². The van der Waals surface area contributed by atoms with Crippen molar-refractivity contribution in [3.8, 4) is 0 Å². The third-order valence-electron chi connectivity index (χ3n) is 4.74. The summed E-state index contributed by atoms with van der Waals surface area (Å²) in [6.07, 6.45) is 9.62. The van der Waals surface area contributed by atoms with Crippen molar-refractivity contribution in [1.82, 2.24) is 24.4 Å².